The SMILES string of the molecule is CCN(CC)CCn1[nH]c2c3c(=O)cccc3sc3c(N)ccc1c32.Cl.O. The number of nitrogens with one attached hydrogen (secondary N) is 1. The van der Waals surface area contributed by atoms with E-state index < -0.39 is 0 Å². The number of benzene rings is 2. The molecule has 0 bridgehead atoms. The van der Waals surface area contributed by atoms with E-state index in [0.717, 1.165) is 63.1 Å². The highest BCUT2D eigenvalue weighted by atomic mass is 35.5. The molecule has 146 valence electrons. The molecular formula is C19H25ClN4O2S. The van der Waals surface area contributed by atoms with Crippen LogP contribution >= 0.6 is 23.7 Å². The maximum absolute atomic E-state index is 12.5. The van der Waals surface area contributed by atoms with Crippen molar-refractivity contribution in [1.82, 2.24) is 14.7 Å². The zero-order chi connectivity index (χ0) is 17.6. The van der Waals surface area contributed by atoms with Crippen LogP contribution < -0.4 is 11.2 Å². The maximum atomic E-state index is 12.5. The second-order valence-electron chi connectivity index (χ2n) is 6.27. The predicted octanol–water partition coefficient (Wildman–Crippen LogP) is 3.22. The van der Waals surface area contributed by atoms with Crippen LogP contribution in [-0.4, -0.2) is 39.8 Å². The highest BCUT2D eigenvalue weighted by Crippen LogP contribution is 2.38. The Morgan fingerprint density at radius 2 is 1.89 bits per heavy atom. The molecule has 6 nitrogen and oxygen atoms in total. The molecule has 0 aliphatic rings. The summed E-state index contributed by atoms with van der Waals surface area (Å²) in [6.07, 6.45) is 0. The molecule has 0 aliphatic carbocycles. The van der Waals surface area contributed by atoms with Gasteiger partial charge in [-0.05, 0) is 37.4 Å². The van der Waals surface area contributed by atoms with Crippen molar-refractivity contribution in [3.8, 4) is 0 Å². The molecule has 0 spiro atoms. The Bertz CT molecular complexity index is 1130. The van der Waals surface area contributed by atoms with Gasteiger partial charge in [-0.1, -0.05) is 19.9 Å². The number of anilines is 1. The Morgan fingerprint density at radius 1 is 1.15 bits per heavy atom. The van der Waals surface area contributed by atoms with Crippen molar-refractivity contribution < 1.29 is 5.48 Å². The third kappa shape index (κ3) is 3.43. The molecule has 0 fully saturated rings. The maximum Gasteiger partial charge on any atom is 0.189 e. The van der Waals surface area contributed by atoms with E-state index in [1.807, 2.05) is 18.2 Å². The number of aromatic amines is 1. The number of halogens is 1. The second-order valence-corrected chi connectivity index (χ2v) is 7.33. The molecule has 0 aliphatic heterocycles. The fourth-order valence-electron chi connectivity index (χ4n) is 3.51. The normalized spacial score (nSPS) is 11.2. The Hall–Kier alpha value is -2.06. The van der Waals surface area contributed by atoms with Gasteiger partial charge in [-0.2, -0.15) is 0 Å². The Balaban J connectivity index is 0.00000131. The van der Waals surface area contributed by atoms with Crippen LogP contribution in [0.5, 0.6) is 0 Å². The highest BCUT2D eigenvalue weighted by Gasteiger charge is 2.16. The zero-order valence-corrected chi connectivity index (χ0v) is 17.0. The van der Waals surface area contributed by atoms with E-state index in [-0.39, 0.29) is 23.3 Å². The van der Waals surface area contributed by atoms with E-state index in [1.54, 1.807) is 17.4 Å². The molecular weight excluding hydrogens is 384 g/mol. The minimum atomic E-state index is 0. The lowest BCUT2D eigenvalue weighted by atomic mass is 10.1. The lowest BCUT2D eigenvalue weighted by Gasteiger charge is -2.18. The summed E-state index contributed by atoms with van der Waals surface area (Å²) in [5.41, 5.74) is 9.06. The molecule has 0 saturated carbocycles. The van der Waals surface area contributed by atoms with Crippen LogP contribution in [0.25, 0.3) is 31.2 Å². The van der Waals surface area contributed by atoms with Crippen molar-refractivity contribution in [1.29, 1.82) is 0 Å². The molecule has 8 heteroatoms. The molecule has 2 aromatic heterocycles. The quantitative estimate of drug-likeness (QED) is 0.391. The Morgan fingerprint density at radius 3 is 2.59 bits per heavy atom. The van der Waals surface area contributed by atoms with Crippen LogP contribution in [0.4, 0.5) is 5.69 Å². The molecule has 27 heavy (non-hydrogen) atoms. The summed E-state index contributed by atoms with van der Waals surface area (Å²) in [5.74, 6) is 0. The molecule has 4 aromatic rings. The number of hydrogen-bond donors (Lipinski definition) is 2. The summed E-state index contributed by atoms with van der Waals surface area (Å²) >= 11 is 1.59. The molecule has 5 N–H and O–H groups in total. The number of hydrogen-bond acceptors (Lipinski definition) is 4. The monoisotopic (exact) mass is 408 g/mol. The first-order chi connectivity index (χ1) is 12.1. The summed E-state index contributed by atoms with van der Waals surface area (Å²) < 4.78 is 4.16. The molecule has 0 unspecified atom stereocenters. The van der Waals surface area contributed by atoms with Gasteiger partial charge in [-0.25, -0.2) is 0 Å². The van der Waals surface area contributed by atoms with E-state index in [0.29, 0.717) is 0 Å². The lowest BCUT2D eigenvalue weighted by Crippen LogP contribution is -2.27. The van der Waals surface area contributed by atoms with E-state index >= 15 is 0 Å². The number of H-pyrrole nitrogens is 1. The van der Waals surface area contributed by atoms with E-state index in [2.05, 4.69) is 34.6 Å². The molecule has 4 rings (SSSR count). The number of rotatable bonds is 5. The Labute approximate surface area is 167 Å². The van der Waals surface area contributed by atoms with Crippen LogP contribution in [0.3, 0.4) is 0 Å². The average molecular weight is 409 g/mol. The molecule has 0 amide bonds. The highest BCUT2D eigenvalue weighted by molar-refractivity contribution is 7.25. The van der Waals surface area contributed by atoms with Crippen molar-refractivity contribution in [2.45, 2.75) is 20.4 Å². The number of nitrogens with zero attached hydrogens (tertiary/aromatic N) is 2. The van der Waals surface area contributed by atoms with E-state index in [9.17, 15) is 4.79 Å². The lowest BCUT2D eigenvalue weighted by molar-refractivity contribution is 0.287. The summed E-state index contributed by atoms with van der Waals surface area (Å²) in [6, 6.07) is 9.44. The Kier molecular flexibility index (Phi) is 6.54. The van der Waals surface area contributed by atoms with Crippen LogP contribution in [0.15, 0.2) is 35.1 Å². The van der Waals surface area contributed by atoms with Crippen molar-refractivity contribution in [2.75, 3.05) is 25.4 Å². The largest absolute Gasteiger partial charge is 0.412 e. The fraction of sp³-hybridized carbons (Fsp3) is 0.316. The topological polar surface area (TPSA) is 98.5 Å². The van der Waals surface area contributed by atoms with Crippen molar-refractivity contribution in [3.63, 3.8) is 0 Å². The van der Waals surface area contributed by atoms with Crippen LogP contribution in [-0.2, 0) is 6.54 Å². The summed E-state index contributed by atoms with van der Waals surface area (Å²) in [5, 5.41) is 5.31. The van der Waals surface area contributed by atoms with Gasteiger partial charge in [-0.15, -0.1) is 23.7 Å². The van der Waals surface area contributed by atoms with Crippen molar-refractivity contribution >= 4 is 60.6 Å². The number of fused-ring (bicyclic) bond motifs is 2. The van der Waals surface area contributed by atoms with Gasteiger partial charge in [-0.3, -0.25) is 14.6 Å². The van der Waals surface area contributed by atoms with Gasteiger partial charge in [0.15, 0.2) is 5.43 Å². The standard InChI is InChI=1S/C19H22N4OS.ClH.H2O/c1-3-22(4-2)10-11-23-13-9-8-12(20)19-16(13)18(21-23)17-14(24)6-5-7-15(17)25-19;;/h5-9,21H,3-4,10-11,20H2,1-2H3;1H;1H2. The molecule has 0 atom stereocenters. The first kappa shape index (κ1) is 21.2. The second kappa shape index (κ2) is 8.31. The van der Waals surface area contributed by atoms with Crippen LogP contribution in [0.1, 0.15) is 13.8 Å². The first-order valence-corrected chi connectivity index (χ1v) is 9.50. The molecule has 0 radical (unpaired) electrons. The van der Waals surface area contributed by atoms with Gasteiger partial charge in [0.1, 0.15) is 0 Å². The van der Waals surface area contributed by atoms with E-state index in [1.165, 1.54) is 0 Å². The summed E-state index contributed by atoms with van der Waals surface area (Å²) in [4.78, 5) is 14.9. The van der Waals surface area contributed by atoms with Gasteiger partial charge in [0.05, 0.1) is 27.7 Å². The van der Waals surface area contributed by atoms with Gasteiger partial charge < -0.3 is 16.1 Å². The summed E-state index contributed by atoms with van der Waals surface area (Å²) in [7, 11) is 0. The minimum Gasteiger partial charge on any atom is -0.412 e. The fourth-order valence-corrected chi connectivity index (χ4v) is 4.67. The molecule has 2 heterocycles. The predicted molar refractivity (Wildman–Crippen MR) is 119 cm³/mol. The minimum absolute atomic E-state index is 0. The zero-order valence-electron chi connectivity index (χ0n) is 15.4. The van der Waals surface area contributed by atoms with Gasteiger partial charge in [0, 0.05) is 22.3 Å². The third-order valence-electron chi connectivity index (χ3n) is 4.94. The molecule has 2 aromatic carbocycles. The van der Waals surface area contributed by atoms with Crippen LogP contribution in [0, 0.1) is 0 Å². The smallest absolute Gasteiger partial charge is 0.189 e. The number of likely N-dealkylation sites (N-methyl/N-ethyl adjacent to an activating group) is 1. The van der Waals surface area contributed by atoms with Crippen molar-refractivity contribution in [3.05, 3.63) is 40.6 Å². The number of nitrogen functional groups attached to an aromatic ring is 1. The number of nitrogens with two attached hydrogens (primary N) is 1. The third-order valence-corrected chi connectivity index (χ3v) is 6.14. The summed E-state index contributed by atoms with van der Waals surface area (Å²) in [6.45, 7) is 8.23. The van der Waals surface area contributed by atoms with Crippen LogP contribution in [0.2, 0.25) is 0 Å². The average Bonchev–Trinajstić information content (AvgIpc) is 2.98. The van der Waals surface area contributed by atoms with Gasteiger partial charge in [0.2, 0.25) is 0 Å². The first-order valence-electron chi connectivity index (χ1n) is 8.68. The number of aromatic nitrogens is 2. The van der Waals surface area contributed by atoms with Gasteiger partial charge >= 0.3 is 0 Å². The van der Waals surface area contributed by atoms with Gasteiger partial charge in [0.25, 0.3) is 0 Å². The van der Waals surface area contributed by atoms with Crippen molar-refractivity contribution in [2.24, 2.45) is 0 Å². The molecule has 0 saturated heterocycles. The van der Waals surface area contributed by atoms with E-state index in [4.69, 9.17) is 5.73 Å².